The lowest BCUT2D eigenvalue weighted by atomic mass is 9.81. The van der Waals surface area contributed by atoms with Crippen LogP contribution in [-0.2, 0) is 0 Å². The van der Waals surface area contributed by atoms with Crippen molar-refractivity contribution in [2.75, 3.05) is 18.8 Å². The van der Waals surface area contributed by atoms with Gasteiger partial charge in [0.1, 0.15) is 12.1 Å². The Morgan fingerprint density at radius 2 is 1.94 bits per heavy atom. The Kier molecular flexibility index (Phi) is 9.60. The Morgan fingerprint density at radius 3 is 2.62 bits per heavy atom. The third kappa shape index (κ3) is 7.62. The van der Waals surface area contributed by atoms with Crippen LogP contribution in [0.1, 0.15) is 42.9 Å². The first-order chi connectivity index (χ1) is 15.4. The molecule has 1 N–H and O–H groups in total. The molecule has 170 valence electrons. The van der Waals surface area contributed by atoms with Crippen LogP contribution >= 0.6 is 35.1 Å². The molecule has 2 aromatic heterocycles. The summed E-state index contributed by atoms with van der Waals surface area (Å²) in [5.74, 6) is 1.44. The molecule has 3 aromatic rings. The van der Waals surface area contributed by atoms with Crippen LogP contribution in [0, 0.1) is 6.92 Å². The van der Waals surface area contributed by atoms with Gasteiger partial charge in [-0.2, -0.15) is 0 Å². The predicted molar refractivity (Wildman–Crippen MR) is 136 cm³/mol. The summed E-state index contributed by atoms with van der Waals surface area (Å²) in [6, 6.07) is 12.8. The van der Waals surface area contributed by atoms with Crippen LogP contribution in [0.5, 0.6) is 0 Å². The second-order valence-corrected chi connectivity index (χ2v) is 9.80. The van der Waals surface area contributed by atoms with Crippen molar-refractivity contribution in [3.63, 3.8) is 0 Å². The number of nitrogens with zero attached hydrogens (tertiary/aromatic N) is 4. The summed E-state index contributed by atoms with van der Waals surface area (Å²) in [5, 5.41) is 1.53. The first-order valence-electron chi connectivity index (χ1n) is 10.6. The summed E-state index contributed by atoms with van der Waals surface area (Å²) in [4.78, 5) is 15.3. The third-order valence-electron chi connectivity index (χ3n) is 5.55. The molecular formula is C24H29Cl2N5S. The Bertz CT molecular complexity index is 987. The van der Waals surface area contributed by atoms with E-state index in [1.165, 1.54) is 49.5 Å². The van der Waals surface area contributed by atoms with Gasteiger partial charge in [0.2, 0.25) is 0 Å². The first-order valence-corrected chi connectivity index (χ1v) is 12.2. The highest BCUT2D eigenvalue weighted by atomic mass is 35.5. The van der Waals surface area contributed by atoms with Gasteiger partial charge in [0.05, 0.1) is 10.7 Å². The number of hydrogen-bond donors (Lipinski definition) is 1. The van der Waals surface area contributed by atoms with E-state index in [1.54, 1.807) is 18.5 Å². The van der Waals surface area contributed by atoms with E-state index >= 15 is 0 Å². The predicted octanol–water partition coefficient (Wildman–Crippen LogP) is 6.88. The molecule has 0 bridgehead atoms. The molecule has 2 unspecified atom stereocenters. The van der Waals surface area contributed by atoms with Crippen molar-refractivity contribution >= 4 is 41.0 Å². The van der Waals surface area contributed by atoms with Gasteiger partial charge < -0.3 is 9.62 Å². The van der Waals surface area contributed by atoms with Crippen molar-refractivity contribution < 1.29 is 0 Å². The van der Waals surface area contributed by atoms with E-state index in [0.717, 1.165) is 27.5 Å². The highest BCUT2D eigenvalue weighted by molar-refractivity contribution is 8.00. The zero-order chi connectivity index (χ0) is 22.9. The van der Waals surface area contributed by atoms with Crippen molar-refractivity contribution in [3.8, 4) is 0 Å². The van der Waals surface area contributed by atoms with Crippen LogP contribution in [0.15, 0.2) is 60.0 Å². The molecule has 0 amide bonds. The van der Waals surface area contributed by atoms with E-state index in [9.17, 15) is 0 Å². The van der Waals surface area contributed by atoms with Crippen molar-refractivity contribution in [1.82, 2.24) is 19.9 Å². The number of aryl methyl sites for hydroxylation is 1. The molecule has 1 aliphatic carbocycles. The van der Waals surface area contributed by atoms with Gasteiger partial charge in [-0.3, -0.25) is 4.98 Å². The normalized spacial score (nSPS) is 18.1. The molecule has 2 heterocycles. The zero-order valence-corrected chi connectivity index (χ0v) is 21.0. The molecule has 0 spiro atoms. The largest absolute Gasteiger partial charge is 0.310 e. The summed E-state index contributed by atoms with van der Waals surface area (Å²) in [7, 11) is 4.37. The summed E-state index contributed by atoms with van der Waals surface area (Å²) < 4.78 is 3.07. The number of nitrogens with one attached hydrogen (secondary N) is 1. The summed E-state index contributed by atoms with van der Waals surface area (Å²) in [5.41, 5.74) is 2.24. The number of aromatic nitrogens is 3. The average molecular weight is 491 g/mol. The standard InChI is InChI=1S/C14H20ClN.C10H9ClN4S/c1-16(2)14-8-4-6-12(10-14)11-5-3-7-13(15)9-11;1-7-9(11)4-8(5-13-7)16-15-10-2-3-12-6-14-10/h3,5,7,9,12,14H,4,6,8,10H2,1-2H3;2-6H,1H3,(H,12,14,15). The molecule has 32 heavy (non-hydrogen) atoms. The van der Waals surface area contributed by atoms with Crippen LogP contribution in [0.2, 0.25) is 10.0 Å². The lowest BCUT2D eigenvalue weighted by Crippen LogP contribution is -2.32. The van der Waals surface area contributed by atoms with Crippen LogP contribution in [0.25, 0.3) is 0 Å². The third-order valence-corrected chi connectivity index (χ3v) is 6.94. The van der Waals surface area contributed by atoms with Gasteiger partial charge in [-0.1, -0.05) is 41.8 Å². The lowest BCUT2D eigenvalue weighted by Gasteiger charge is -2.33. The molecule has 1 aliphatic rings. The fourth-order valence-corrected chi connectivity index (χ4v) is 4.76. The summed E-state index contributed by atoms with van der Waals surface area (Å²) in [6.07, 6.45) is 10.2. The maximum Gasteiger partial charge on any atom is 0.139 e. The van der Waals surface area contributed by atoms with Gasteiger partial charge in [-0.15, -0.1) is 0 Å². The van der Waals surface area contributed by atoms with Gasteiger partial charge >= 0.3 is 0 Å². The monoisotopic (exact) mass is 489 g/mol. The van der Waals surface area contributed by atoms with Crippen LogP contribution in [-0.4, -0.2) is 40.0 Å². The van der Waals surface area contributed by atoms with Gasteiger partial charge in [0.25, 0.3) is 0 Å². The number of pyridine rings is 1. The van der Waals surface area contributed by atoms with E-state index in [4.69, 9.17) is 23.2 Å². The van der Waals surface area contributed by atoms with E-state index in [1.807, 2.05) is 19.1 Å². The number of hydrogen-bond acceptors (Lipinski definition) is 6. The second-order valence-electron chi connectivity index (χ2n) is 8.07. The van der Waals surface area contributed by atoms with Crippen LogP contribution in [0.3, 0.4) is 0 Å². The maximum atomic E-state index is 6.05. The molecule has 2 atom stereocenters. The zero-order valence-electron chi connectivity index (χ0n) is 18.6. The van der Waals surface area contributed by atoms with E-state index in [0.29, 0.717) is 10.9 Å². The molecule has 1 aromatic carbocycles. The molecular weight excluding hydrogens is 461 g/mol. The van der Waals surface area contributed by atoms with Gasteiger partial charge in [-0.25, -0.2) is 9.97 Å². The minimum Gasteiger partial charge on any atom is -0.310 e. The Hall–Kier alpha value is -1.86. The smallest absolute Gasteiger partial charge is 0.139 e. The first kappa shape index (κ1) is 24.8. The number of anilines is 1. The Balaban J connectivity index is 0.000000181. The number of benzene rings is 1. The summed E-state index contributed by atoms with van der Waals surface area (Å²) in [6.45, 7) is 1.87. The van der Waals surface area contributed by atoms with Crippen molar-refractivity contribution in [2.45, 2.75) is 49.5 Å². The minimum absolute atomic E-state index is 0.662. The molecule has 4 rings (SSSR count). The average Bonchev–Trinajstić information content (AvgIpc) is 2.81. The highest BCUT2D eigenvalue weighted by Gasteiger charge is 2.24. The molecule has 1 fully saturated rings. The topological polar surface area (TPSA) is 53.9 Å². The number of halogens is 2. The molecule has 0 radical (unpaired) electrons. The molecule has 0 saturated heterocycles. The SMILES string of the molecule is CN(C)C1CCCC(c2cccc(Cl)c2)C1.Cc1ncc(SNc2ccncn2)cc1Cl. The fourth-order valence-electron chi connectivity index (χ4n) is 3.70. The van der Waals surface area contributed by atoms with E-state index in [-0.39, 0.29) is 0 Å². The van der Waals surface area contributed by atoms with Crippen LogP contribution in [0.4, 0.5) is 5.82 Å². The fraction of sp³-hybridized carbons (Fsp3) is 0.375. The number of rotatable bonds is 5. The van der Waals surface area contributed by atoms with E-state index < -0.39 is 0 Å². The maximum absolute atomic E-state index is 6.05. The van der Waals surface area contributed by atoms with Gasteiger partial charge in [0.15, 0.2) is 0 Å². The molecule has 1 saturated carbocycles. The van der Waals surface area contributed by atoms with Crippen molar-refractivity contribution in [2.24, 2.45) is 0 Å². The second kappa shape index (κ2) is 12.4. The Labute approximate surface area is 205 Å². The quantitative estimate of drug-likeness (QED) is 0.394. The van der Waals surface area contributed by atoms with E-state index in [2.05, 4.69) is 56.9 Å². The molecule has 0 aliphatic heterocycles. The van der Waals surface area contributed by atoms with Crippen molar-refractivity contribution in [3.05, 3.63) is 76.4 Å². The highest BCUT2D eigenvalue weighted by Crippen LogP contribution is 2.35. The van der Waals surface area contributed by atoms with Gasteiger partial charge in [-0.05, 0) is 88.0 Å². The lowest BCUT2D eigenvalue weighted by molar-refractivity contribution is 0.213. The minimum atomic E-state index is 0.662. The van der Waals surface area contributed by atoms with Crippen LogP contribution < -0.4 is 4.72 Å². The molecule has 8 heteroatoms. The van der Waals surface area contributed by atoms with Crippen molar-refractivity contribution in [1.29, 1.82) is 0 Å². The van der Waals surface area contributed by atoms with Gasteiger partial charge in [0, 0.05) is 28.4 Å². The summed E-state index contributed by atoms with van der Waals surface area (Å²) >= 11 is 13.4. The Morgan fingerprint density at radius 1 is 1.09 bits per heavy atom. The molecule has 5 nitrogen and oxygen atoms in total.